The molecule has 1 heterocycles. The number of carbonyl (C=O) groups is 3. The van der Waals surface area contributed by atoms with Gasteiger partial charge in [0.1, 0.15) is 5.75 Å². The summed E-state index contributed by atoms with van der Waals surface area (Å²) in [6, 6.07) is 14.5. The van der Waals surface area contributed by atoms with Crippen molar-refractivity contribution in [2.45, 2.75) is 66.2 Å². The summed E-state index contributed by atoms with van der Waals surface area (Å²) in [4.78, 5) is 42.1. The van der Waals surface area contributed by atoms with Crippen LogP contribution >= 0.6 is 11.6 Å². The Morgan fingerprint density at radius 1 is 0.900 bits per heavy atom. The second-order valence-corrected chi connectivity index (χ2v) is 13.1. The number of hydrogen-bond acceptors (Lipinski definition) is 5. The fraction of sp³-hybridized carbons (Fsp3) is 0.424. The zero-order valence-corrected chi connectivity index (χ0v) is 24.7. The average Bonchev–Trinajstić information content (AvgIpc) is 2.87. The van der Waals surface area contributed by atoms with E-state index in [1.165, 1.54) is 0 Å². The first-order valence-electron chi connectivity index (χ1n) is 14.0. The van der Waals surface area contributed by atoms with E-state index in [0.29, 0.717) is 29.3 Å². The van der Waals surface area contributed by atoms with Crippen molar-refractivity contribution >= 4 is 34.8 Å². The Balaban J connectivity index is 1.45. The number of anilines is 1. The maximum atomic E-state index is 13.7. The Hall–Kier alpha value is -3.38. The smallest absolute Gasteiger partial charge is 0.262 e. The van der Waals surface area contributed by atoms with Gasteiger partial charge in [0.2, 0.25) is 0 Å². The van der Waals surface area contributed by atoms with Crippen LogP contribution in [-0.4, -0.2) is 35.5 Å². The number of nitrogens with zero attached hydrogens (tertiary/aromatic N) is 1. The fourth-order valence-electron chi connectivity index (χ4n) is 6.42. The van der Waals surface area contributed by atoms with Gasteiger partial charge < -0.3 is 15.0 Å². The summed E-state index contributed by atoms with van der Waals surface area (Å²) < 4.78 is 5.75. The van der Waals surface area contributed by atoms with E-state index in [-0.39, 0.29) is 34.9 Å². The normalized spacial score (nSPS) is 20.3. The highest BCUT2D eigenvalue weighted by molar-refractivity contribution is 6.33. The van der Waals surface area contributed by atoms with Gasteiger partial charge >= 0.3 is 0 Å². The Morgan fingerprint density at radius 2 is 1.45 bits per heavy atom. The molecule has 0 unspecified atom stereocenters. The first-order valence-corrected chi connectivity index (χ1v) is 14.3. The van der Waals surface area contributed by atoms with Crippen molar-refractivity contribution < 1.29 is 19.1 Å². The SMILES string of the molecule is CCN1C2=C(C(=O)CC(C)(C)C2)C(c2ccc(OCC(=O)Nc3ccccc3Cl)cc2)C2=C1CC(C)(C)CC2=O. The number of amides is 1. The molecule has 0 aromatic heterocycles. The Bertz CT molecular complexity index is 1380. The van der Waals surface area contributed by atoms with Crippen LogP contribution in [0.4, 0.5) is 5.69 Å². The van der Waals surface area contributed by atoms with E-state index in [9.17, 15) is 14.4 Å². The molecule has 2 aromatic carbocycles. The van der Waals surface area contributed by atoms with Crippen LogP contribution in [0.1, 0.15) is 71.8 Å². The number of hydrogen-bond donors (Lipinski definition) is 1. The van der Waals surface area contributed by atoms with Crippen molar-refractivity contribution in [1.29, 1.82) is 0 Å². The van der Waals surface area contributed by atoms with Gasteiger partial charge in [0.25, 0.3) is 5.91 Å². The molecule has 2 aliphatic carbocycles. The molecule has 1 aliphatic heterocycles. The van der Waals surface area contributed by atoms with Crippen molar-refractivity contribution in [2.24, 2.45) is 10.8 Å². The first-order chi connectivity index (χ1) is 18.9. The molecule has 1 N–H and O–H groups in total. The van der Waals surface area contributed by atoms with Crippen LogP contribution in [-0.2, 0) is 14.4 Å². The van der Waals surface area contributed by atoms with Crippen molar-refractivity contribution in [1.82, 2.24) is 4.90 Å². The minimum atomic E-state index is -0.391. The molecule has 0 spiro atoms. The topological polar surface area (TPSA) is 75.7 Å². The van der Waals surface area contributed by atoms with Crippen LogP contribution in [0.15, 0.2) is 71.1 Å². The Morgan fingerprint density at radius 3 is 1.98 bits per heavy atom. The van der Waals surface area contributed by atoms with Crippen molar-refractivity contribution in [3.63, 3.8) is 0 Å². The predicted molar refractivity (Wildman–Crippen MR) is 157 cm³/mol. The molecule has 1 amide bonds. The summed E-state index contributed by atoms with van der Waals surface area (Å²) in [5.41, 5.74) is 4.81. The maximum Gasteiger partial charge on any atom is 0.262 e. The van der Waals surface area contributed by atoms with E-state index >= 15 is 0 Å². The van der Waals surface area contributed by atoms with Crippen LogP contribution in [0.3, 0.4) is 0 Å². The van der Waals surface area contributed by atoms with Crippen LogP contribution in [0.2, 0.25) is 5.02 Å². The lowest BCUT2D eigenvalue weighted by Gasteiger charge is -2.48. The number of benzene rings is 2. The minimum Gasteiger partial charge on any atom is -0.484 e. The number of para-hydroxylation sites is 1. The van der Waals surface area contributed by atoms with Gasteiger partial charge in [-0.05, 0) is 60.4 Å². The molecular formula is C33H37ClN2O4. The van der Waals surface area contributed by atoms with E-state index in [0.717, 1.165) is 47.5 Å². The molecule has 6 nitrogen and oxygen atoms in total. The van der Waals surface area contributed by atoms with Gasteiger partial charge in [-0.1, -0.05) is 63.6 Å². The van der Waals surface area contributed by atoms with E-state index in [1.54, 1.807) is 36.4 Å². The molecule has 210 valence electrons. The van der Waals surface area contributed by atoms with E-state index < -0.39 is 5.92 Å². The molecule has 5 rings (SSSR count). The standard InChI is InChI=1S/C33H37ClN2O4/c1-6-36-24-15-32(2,3)17-26(37)30(24)29(31-25(36)16-33(4,5)18-27(31)38)20-11-13-21(14-12-20)40-19-28(39)35-23-10-8-7-9-22(23)34/h7-14,29H,6,15-19H2,1-5H3,(H,35,39). The number of ether oxygens (including phenoxy) is 1. The lowest BCUT2D eigenvalue weighted by molar-refractivity contribution is -0.120. The highest BCUT2D eigenvalue weighted by atomic mass is 35.5. The molecule has 40 heavy (non-hydrogen) atoms. The van der Waals surface area contributed by atoms with Crippen molar-refractivity contribution in [2.75, 3.05) is 18.5 Å². The second kappa shape index (κ2) is 10.5. The minimum absolute atomic E-state index is 0.121. The highest BCUT2D eigenvalue weighted by Gasteiger charge is 2.48. The van der Waals surface area contributed by atoms with Gasteiger partial charge in [0.05, 0.1) is 10.7 Å². The summed E-state index contributed by atoms with van der Waals surface area (Å²) in [6.07, 6.45) is 2.52. The van der Waals surface area contributed by atoms with Gasteiger partial charge in [-0.25, -0.2) is 0 Å². The summed E-state index contributed by atoms with van der Waals surface area (Å²) in [6.45, 7) is 11.2. The number of nitrogens with one attached hydrogen (secondary N) is 1. The monoisotopic (exact) mass is 560 g/mol. The number of carbonyl (C=O) groups excluding carboxylic acids is 3. The molecule has 0 bridgehead atoms. The molecule has 7 heteroatoms. The largest absolute Gasteiger partial charge is 0.484 e. The molecule has 0 atom stereocenters. The van der Waals surface area contributed by atoms with Crippen LogP contribution in [0, 0.1) is 10.8 Å². The summed E-state index contributed by atoms with van der Waals surface area (Å²) in [7, 11) is 0. The zero-order chi connectivity index (χ0) is 28.8. The van der Waals surface area contributed by atoms with E-state index in [2.05, 4.69) is 44.8 Å². The lowest BCUT2D eigenvalue weighted by Crippen LogP contribution is -2.44. The third-order valence-corrected chi connectivity index (χ3v) is 8.40. The highest BCUT2D eigenvalue weighted by Crippen LogP contribution is 2.54. The Labute approximate surface area is 241 Å². The molecular weight excluding hydrogens is 524 g/mol. The number of allylic oxidation sites excluding steroid dienone is 4. The first kappa shape index (κ1) is 28.2. The fourth-order valence-corrected chi connectivity index (χ4v) is 6.60. The number of halogens is 1. The third kappa shape index (κ3) is 5.46. The number of ketones is 2. The van der Waals surface area contributed by atoms with Gasteiger partial charge in [-0.2, -0.15) is 0 Å². The van der Waals surface area contributed by atoms with Gasteiger partial charge in [-0.15, -0.1) is 0 Å². The molecule has 0 saturated carbocycles. The number of rotatable bonds is 6. The van der Waals surface area contributed by atoms with Crippen molar-refractivity contribution in [3.05, 3.63) is 81.7 Å². The quantitative estimate of drug-likeness (QED) is 0.409. The maximum absolute atomic E-state index is 13.7. The molecule has 0 fully saturated rings. The van der Waals surface area contributed by atoms with Crippen molar-refractivity contribution in [3.8, 4) is 5.75 Å². The van der Waals surface area contributed by atoms with Gasteiger partial charge in [-0.3, -0.25) is 14.4 Å². The summed E-state index contributed by atoms with van der Waals surface area (Å²) in [5.74, 6) is 0.0580. The second-order valence-electron chi connectivity index (χ2n) is 12.7. The lowest BCUT2D eigenvalue weighted by atomic mass is 9.63. The summed E-state index contributed by atoms with van der Waals surface area (Å²) in [5, 5.41) is 3.21. The van der Waals surface area contributed by atoms with E-state index in [1.807, 2.05) is 12.1 Å². The summed E-state index contributed by atoms with van der Waals surface area (Å²) >= 11 is 6.13. The van der Waals surface area contributed by atoms with Crippen LogP contribution in [0.25, 0.3) is 0 Å². The Kier molecular flexibility index (Phi) is 7.43. The average molecular weight is 561 g/mol. The van der Waals surface area contributed by atoms with Crippen LogP contribution in [0.5, 0.6) is 5.75 Å². The molecule has 0 radical (unpaired) electrons. The molecule has 2 aromatic rings. The van der Waals surface area contributed by atoms with E-state index in [4.69, 9.17) is 16.3 Å². The zero-order valence-electron chi connectivity index (χ0n) is 23.9. The van der Waals surface area contributed by atoms with Gasteiger partial charge in [0, 0.05) is 47.8 Å². The third-order valence-electron chi connectivity index (χ3n) is 8.07. The van der Waals surface area contributed by atoms with Crippen LogP contribution < -0.4 is 10.1 Å². The van der Waals surface area contributed by atoms with Gasteiger partial charge in [0.15, 0.2) is 18.2 Å². The molecule has 0 saturated heterocycles. The number of Topliss-reactive ketones (excluding diaryl/α,β-unsaturated/α-hetero) is 2. The molecule has 3 aliphatic rings. The predicted octanol–water partition coefficient (Wildman–Crippen LogP) is 7.06.